The molecule has 0 saturated heterocycles. The lowest BCUT2D eigenvalue weighted by atomic mass is 10.2. The Kier molecular flexibility index (Phi) is 5.35. The van der Waals surface area contributed by atoms with E-state index in [-0.39, 0.29) is 6.04 Å². The monoisotopic (exact) mass is 413 g/mol. The number of hydrogen-bond acceptors (Lipinski definition) is 7. The SMILES string of the molecule is COc1nccc2c(Nc3ccc(S(=N)(=O)N[C@@H]4CCC[C@H]4O)cc3)ccnc12. The van der Waals surface area contributed by atoms with E-state index in [2.05, 4.69) is 20.0 Å². The molecule has 1 saturated carbocycles. The number of aliphatic hydroxyl groups is 1. The number of aromatic nitrogens is 2. The zero-order chi connectivity index (χ0) is 20.4. The number of fused-ring (bicyclic) bond motifs is 1. The van der Waals surface area contributed by atoms with Crippen molar-refractivity contribution in [1.82, 2.24) is 14.7 Å². The van der Waals surface area contributed by atoms with Gasteiger partial charge in [-0.1, -0.05) is 0 Å². The van der Waals surface area contributed by atoms with Crippen LogP contribution in [0.5, 0.6) is 5.88 Å². The van der Waals surface area contributed by atoms with E-state index in [0.29, 0.717) is 22.7 Å². The normalized spacial score (nSPS) is 21.0. The number of rotatable bonds is 6. The minimum absolute atomic E-state index is 0.301. The smallest absolute Gasteiger partial charge is 0.240 e. The zero-order valence-corrected chi connectivity index (χ0v) is 16.8. The highest BCUT2D eigenvalue weighted by Gasteiger charge is 2.28. The topological polar surface area (TPSA) is 120 Å². The van der Waals surface area contributed by atoms with Crippen LogP contribution in [0, 0.1) is 4.78 Å². The molecule has 0 radical (unpaired) electrons. The van der Waals surface area contributed by atoms with Crippen molar-refractivity contribution in [2.24, 2.45) is 0 Å². The maximum absolute atomic E-state index is 12.8. The summed E-state index contributed by atoms with van der Waals surface area (Å²) in [7, 11) is -1.63. The molecule has 1 unspecified atom stereocenters. The van der Waals surface area contributed by atoms with Crippen molar-refractivity contribution < 1.29 is 14.1 Å². The second-order valence-corrected chi connectivity index (χ2v) is 8.82. The predicted octanol–water partition coefficient (Wildman–Crippen LogP) is 3.21. The summed E-state index contributed by atoms with van der Waals surface area (Å²) in [6.45, 7) is 0. The molecule has 0 bridgehead atoms. The van der Waals surface area contributed by atoms with Crippen LogP contribution in [0.15, 0.2) is 53.7 Å². The first-order valence-corrected chi connectivity index (χ1v) is 10.9. The summed E-state index contributed by atoms with van der Waals surface area (Å²) in [5.41, 5.74) is 2.28. The summed E-state index contributed by atoms with van der Waals surface area (Å²) < 4.78 is 29.1. The van der Waals surface area contributed by atoms with Crippen LogP contribution in [-0.2, 0) is 9.92 Å². The van der Waals surface area contributed by atoms with Crippen LogP contribution in [0.3, 0.4) is 0 Å². The molecule has 1 aromatic carbocycles. The van der Waals surface area contributed by atoms with Crippen LogP contribution in [-0.4, -0.2) is 38.5 Å². The van der Waals surface area contributed by atoms with E-state index in [4.69, 9.17) is 9.52 Å². The standard InChI is InChI=1S/C20H23N5O3S/c1-28-20-19-15(9-11-23-20)16(10-12-22-19)24-13-5-7-14(8-6-13)29(21,27)25-17-3-2-4-18(17)26/h5-12,17-18,26H,2-4H2,1H3,(H,22,24)(H2,21,25,27)/t17-,18-,29?/m1/s1. The highest BCUT2D eigenvalue weighted by atomic mass is 32.2. The van der Waals surface area contributed by atoms with Gasteiger partial charge in [0, 0.05) is 35.2 Å². The maximum Gasteiger partial charge on any atom is 0.240 e. The average molecular weight is 414 g/mol. The van der Waals surface area contributed by atoms with E-state index in [0.717, 1.165) is 29.6 Å². The Morgan fingerprint density at radius 1 is 1.14 bits per heavy atom. The fraction of sp³-hybridized carbons (Fsp3) is 0.300. The van der Waals surface area contributed by atoms with Crippen molar-refractivity contribution in [3.63, 3.8) is 0 Å². The molecule has 0 aliphatic heterocycles. The van der Waals surface area contributed by atoms with Crippen molar-refractivity contribution in [1.29, 1.82) is 4.78 Å². The van der Waals surface area contributed by atoms with Crippen LogP contribution in [0.1, 0.15) is 19.3 Å². The highest BCUT2D eigenvalue weighted by Crippen LogP contribution is 2.29. The number of aliphatic hydroxyl groups excluding tert-OH is 1. The summed E-state index contributed by atoms with van der Waals surface area (Å²) in [5, 5.41) is 14.1. The van der Waals surface area contributed by atoms with Gasteiger partial charge in [0.25, 0.3) is 0 Å². The Balaban J connectivity index is 1.55. The number of methoxy groups -OCH3 is 1. The van der Waals surface area contributed by atoms with Gasteiger partial charge in [-0.25, -0.2) is 18.7 Å². The van der Waals surface area contributed by atoms with E-state index in [1.54, 1.807) is 43.8 Å². The summed E-state index contributed by atoms with van der Waals surface area (Å²) in [4.78, 5) is 8.89. The van der Waals surface area contributed by atoms with Crippen LogP contribution < -0.4 is 14.8 Å². The third-order valence-electron chi connectivity index (χ3n) is 5.08. The molecule has 2 aromatic heterocycles. The predicted molar refractivity (Wildman–Crippen MR) is 112 cm³/mol. The van der Waals surface area contributed by atoms with Gasteiger partial charge in [0.05, 0.1) is 18.1 Å². The van der Waals surface area contributed by atoms with Gasteiger partial charge in [0.15, 0.2) is 0 Å². The van der Waals surface area contributed by atoms with Gasteiger partial charge in [-0.15, -0.1) is 0 Å². The Bertz CT molecular complexity index is 1120. The Labute approximate surface area is 169 Å². The number of nitrogens with zero attached hydrogens (tertiary/aromatic N) is 2. The molecule has 4 N–H and O–H groups in total. The highest BCUT2D eigenvalue weighted by molar-refractivity contribution is 7.90. The maximum atomic E-state index is 12.8. The van der Waals surface area contributed by atoms with Gasteiger partial charge in [-0.3, -0.25) is 4.98 Å². The third kappa shape index (κ3) is 4.02. The number of nitrogens with one attached hydrogen (secondary N) is 3. The lowest BCUT2D eigenvalue weighted by molar-refractivity contribution is 0.159. The Morgan fingerprint density at radius 3 is 2.59 bits per heavy atom. The van der Waals surface area contributed by atoms with Crippen molar-refractivity contribution in [2.75, 3.05) is 12.4 Å². The molecule has 4 rings (SSSR count). The van der Waals surface area contributed by atoms with Gasteiger partial charge in [-0.05, 0) is 55.7 Å². The van der Waals surface area contributed by atoms with Crippen molar-refractivity contribution in [2.45, 2.75) is 36.3 Å². The molecule has 0 spiro atoms. The largest absolute Gasteiger partial charge is 0.479 e. The molecule has 1 aliphatic carbocycles. The summed E-state index contributed by atoms with van der Waals surface area (Å²) in [6.07, 6.45) is 5.07. The van der Waals surface area contributed by atoms with Crippen LogP contribution >= 0.6 is 0 Å². The van der Waals surface area contributed by atoms with E-state index in [1.165, 1.54) is 0 Å². The number of pyridine rings is 2. The first kappa shape index (κ1) is 19.6. The van der Waals surface area contributed by atoms with E-state index >= 15 is 0 Å². The molecule has 0 amide bonds. The fourth-order valence-corrected chi connectivity index (χ4v) is 4.91. The second-order valence-electron chi connectivity index (χ2n) is 7.00. The minimum atomic E-state index is -3.18. The van der Waals surface area contributed by atoms with Gasteiger partial charge in [0.1, 0.15) is 15.4 Å². The van der Waals surface area contributed by atoms with Crippen molar-refractivity contribution in [3.8, 4) is 5.88 Å². The van der Waals surface area contributed by atoms with Gasteiger partial charge in [0.2, 0.25) is 5.88 Å². The molecule has 3 atom stereocenters. The van der Waals surface area contributed by atoms with Crippen LogP contribution in [0.25, 0.3) is 10.9 Å². The molecule has 29 heavy (non-hydrogen) atoms. The van der Waals surface area contributed by atoms with E-state index in [1.807, 2.05) is 12.1 Å². The molecule has 152 valence electrons. The van der Waals surface area contributed by atoms with E-state index in [9.17, 15) is 9.32 Å². The minimum Gasteiger partial charge on any atom is -0.479 e. The molecule has 8 nitrogen and oxygen atoms in total. The first-order valence-electron chi connectivity index (χ1n) is 9.37. The third-order valence-corrected chi connectivity index (χ3v) is 6.65. The second kappa shape index (κ2) is 7.94. The quantitative estimate of drug-likeness (QED) is 0.493. The molecule has 2 heterocycles. The molecule has 1 fully saturated rings. The summed E-state index contributed by atoms with van der Waals surface area (Å²) >= 11 is 0. The lowest BCUT2D eigenvalue weighted by Crippen LogP contribution is -2.39. The molecule has 3 aromatic rings. The number of ether oxygens (including phenoxy) is 1. The molecule has 9 heteroatoms. The Morgan fingerprint density at radius 2 is 1.90 bits per heavy atom. The van der Waals surface area contributed by atoms with Gasteiger partial charge >= 0.3 is 0 Å². The molecular weight excluding hydrogens is 390 g/mol. The Hall–Kier alpha value is -2.75. The number of hydrogen-bond donors (Lipinski definition) is 4. The fourth-order valence-electron chi connectivity index (χ4n) is 3.56. The number of benzene rings is 1. The van der Waals surface area contributed by atoms with Crippen molar-refractivity contribution in [3.05, 3.63) is 48.8 Å². The van der Waals surface area contributed by atoms with Crippen molar-refractivity contribution >= 4 is 32.2 Å². The van der Waals surface area contributed by atoms with Gasteiger partial charge in [-0.2, -0.15) is 0 Å². The van der Waals surface area contributed by atoms with Gasteiger partial charge < -0.3 is 15.2 Å². The van der Waals surface area contributed by atoms with Crippen LogP contribution in [0.4, 0.5) is 11.4 Å². The average Bonchev–Trinajstić information content (AvgIpc) is 3.12. The first-order chi connectivity index (χ1) is 14.0. The summed E-state index contributed by atoms with van der Waals surface area (Å²) in [5.74, 6) is 0.454. The van der Waals surface area contributed by atoms with Crippen LogP contribution in [0.2, 0.25) is 0 Å². The zero-order valence-electron chi connectivity index (χ0n) is 16.0. The molecular formula is C20H23N5O3S. The molecule has 1 aliphatic rings. The number of anilines is 2. The van der Waals surface area contributed by atoms with E-state index < -0.39 is 16.0 Å². The summed E-state index contributed by atoms with van der Waals surface area (Å²) in [6, 6.07) is 10.3. The lowest BCUT2D eigenvalue weighted by Gasteiger charge is -2.19.